The Hall–Kier alpha value is 0.310. The summed E-state index contributed by atoms with van der Waals surface area (Å²) in [6, 6.07) is 0.464. The first-order valence-corrected chi connectivity index (χ1v) is 9.21. The van der Waals surface area contributed by atoms with Gasteiger partial charge in [0.25, 0.3) is 0 Å². The molecule has 106 valence electrons. The first-order chi connectivity index (χ1) is 8.79. The minimum atomic E-state index is 0.464. The molecule has 0 radical (unpaired) electrons. The van der Waals surface area contributed by atoms with Crippen LogP contribution >= 0.6 is 11.8 Å². The lowest BCUT2D eigenvalue weighted by Gasteiger charge is -2.33. The Bertz CT molecular complexity index is 225. The molecule has 0 saturated heterocycles. The van der Waals surface area contributed by atoms with E-state index in [1.54, 1.807) is 0 Å². The van der Waals surface area contributed by atoms with Crippen molar-refractivity contribution < 1.29 is 0 Å². The van der Waals surface area contributed by atoms with Crippen molar-refractivity contribution in [3.63, 3.8) is 0 Å². The van der Waals surface area contributed by atoms with Crippen LogP contribution in [-0.2, 0) is 0 Å². The van der Waals surface area contributed by atoms with E-state index in [-0.39, 0.29) is 0 Å². The summed E-state index contributed by atoms with van der Waals surface area (Å²) in [6.07, 6.45) is 14.3. The summed E-state index contributed by atoms with van der Waals surface area (Å²) in [4.78, 5) is 0. The first kappa shape index (κ1) is 14.7. The predicted molar refractivity (Wildman–Crippen MR) is 83.0 cm³/mol. The molecular formula is C16H31NS. The van der Waals surface area contributed by atoms with Gasteiger partial charge in [0.2, 0.25) is 0 Å². The zero-order valence-electron chi connectivity index (χ0n) is 12.1. The van der Waals surface area contributed by atoms with Crippen molar-refractivity contribution in [2.75, 3.05) is 5.75 Å². The topological polar surface area (TPSA) is 26.0 Å². The van der Waals surface area contributed by atoms with Gasteiger partial charge in [0.1, 0.15) is 0 Å². The lowest BCUT2D eigenvalue weighted by Crippen LogP contribution is -2.36. The van der Waals surface area contributed by atoms with E-state index in [1.165, 1.54) is 70.0 Å². The van der Waals surface area contributed by atoms with Crippen molar-refractivity contribution in [2.45, 2.75) is 82.4 Å². The van der Waals surface area contributed by atoms with Crippen LogP contribution in [0.4, 0.5) is 0 Å². The zero-order valence-corrected chi connectivity index (χ0v) is 12.9. The Labute approximate surface area is 118 Å². The van der Waals surface area contributed by atoms with E-state index in [1.807, 2.05) is 0 Å². The van der Waals surface area contributed by atoms with E-state index in [0.29, 0.717) is 6.04 Å². The highest BCUT2D eigenvalue weighted by Crippen LogP contribution is 2.35. The Kier molecular flexibility index (Phi) is 6.37. The van der Waals surface area contributed by atoms with Crippen LogP contribution in [0.3, 0.4) is 0 Å². The average molecular weight is 269 g/mol. The van der Waals surface area contributed by atoms with Crippen LogP contribution < -0.4 is 5.73 Å². The highest BCUT2D eigenvalue weighted by atomic mass is 32.2. The highest BCUT2D eigenvalue weighted by Gasteiger charge is 2.26. The molecular weight excluding hydrogens is 238 g/mol. The smallest absolute Gasteiger partial charge is 0.0159 e. The molecule has 2 N–H and O–H groups in total. The Balaban J connectivity index is 1.68. The van der Waals surface area contributed by atoms with Gasteiger partial charge < -0.3 is 5.73 Å². The molecule has 0 amide bonds. The van der Waals surface area contributed by atoms with E-state index in [9.17, 15) is 0 Å². The van der Waals surface area contributed by atoms with Crippen LogP contribution in [0.15, 0.2) is 0 Å². The van der Waals surface area contributed by atoms with Gasteiger partial charge in [-0.05, 0) is 37.5 Å². The van der Waals surface area contributed by atoms with Gasteiger partial charge in [-0.15, -0.1) is 0 Å². The van der Waals surface area contributed by atoms with Crippen molar-refractivity contribution >= 4 is 11.8 Å². The van der Waals surface area contributed by atoms with Crippen molar-refractivity contribution in [1.29, 1.82) is 0 Å². The molecule has 0 aliphatic heterocycles. The summed E-state index contributed by atoms with van der Waals surface area (Å²) < 4.78 is 0. The van der Waals surface area contributed by atoms with Gasteiger partial charge >= 0.3 is 0 Å². The monoisotopic (exact) mass is 269 g/mol. The second-order valence-corrected chi connectivity index (χ2v) is 7.79. The van der Waals surface area contributed by atoms with Gasteiger partial charge in [0.05, 0.1) is 0 Å². The van der Waals surface area contributed by atoms with Crippen LogP contribution in [0.25, 0.3) is 0 Å². The molecule has 2 rings (SSSR count). The van der Waals surface area contributed by atoms with E-state index >= 15 is 0 Å². The second-order valence-electron chi connectivity index (χ2n) is 6.46. The second kappa shape index (κ2) is 7.79. The Morgan fingerprint density at radius 3 is 2.56 bits per heavy atom. The third-order valence-corrected chi connectivity index (χ3v) is 6.60. The molecule has 0 aromatic heterocycles. The maximum atomic E-state index is 6.46. The summed E-state index contributed by atoms with van der Waals surface area (Å²) in [5, 5.41) is 0.926. The van der Waals surface area contributed by atoms with Crippen LogP contribution in [0.2, 0.25) is 0 Å². The van der Waals surface area contributed by atoms with E-state index in [2.05, 4.69) is 18.7 Å². The first-order valence-electron chi connectivity index (χ1n) is 8.16. The molecule has 2 fully saturated rings. The van der Waals surface area contributed by atoms with Gasteiger partial charge in [-0.2, -0.15) is 11.8 Å². The number of nitrogens with two attached hydrogens (primary N) is 1. The van der Waals surface area contributed by atoms with Gasteiger partial charge in [-0.1, -0.05) is 45.4 Å². The van der Waals surface area contributed by atoms with Gasteiger partial charge in [0, 0.05) is 17.0 Å². The molecule has 0 aromatic rings. The third kappa shape index (κ3) is 4.45. The number of thioether (sulfide) groups is 1. The van der Waals surface area contributed by atoms with Crippen molar-refractivity contribution in [3.05, 3.63) is 0 Å². The fourth-order valence-corrected chi connectivity index (χ4v) is 5.14. The normalized spacial score (nSPS) is 32.3. The Morgan fingerprint density at radius 1 is 1.06 bits per heavy atom. The van der Waals surface area contributed by atoms with Crippen molar-refractivity contribution in [2.24, 2.45) is 17.6 Å². The number of rotatable bonds is 5. The minimum Gasteiger partial charge on any atom is -0.327 e. The summed E-state index contributed by atoms with van der Waals surface area (Å²) >= 11 is 2.18. The molecule has 3 unspecified atom stereocenters. The van der Waals surface area contributed by atoms with Crippen LogP contribution in [0.5, 0.6) is 0 Å². The predicted octanol–water partition coefficient (Wildman–Crippen LogP) is 4.60. The minimum absolute atomic E-state index is 0.464. The summed E-state index contributed by atoms with van der Waals surface area (Å²) in [5.74, 6) is 3.00. The van der Waals surface area contributed by atoms with E-state index in [4.69, 9.17) is 5.73 Å². The SMILES string of the molecule is CCC1CCCC(C(N)CSC2CCCCC2)C1. The molecule has 0 aromatic carbocycles. The molecule has 2 aliphatic rings. The molecule has 1 nitrogen and oxygen atoms in total. The quantitative estimate of drug-likeness (QED) is 0.789. The molecule has 18 heavy (non-hydrogen) atoms. The van der Waals surface area contributed by atoms with Gasteiger partial charge in [-0.3, -0.25) is 0 Å². The zero-order chi connectivity index (χ0) is 12.8. The summed E-state index contributed by atoms with van der Waals surface area (Å²) in [7, 11) is 0. The molecule has 2 aliphatic carbocycles. The molecule has 3 atom stereocenters. The van der Waals surface area contributed by atoms with Crippen LogP contribution in [-0.4, -0.2) is 17.0 Å². The van der Waals surface area contributed by atoms with Crippen LogP contribution in [0, 0.1) is 11.8 Å². The van der Waals surface area contributed by atoms with Crippen molar-refractivity contribution in [3.8, 4) is 0 Å². The molecule has 0 heterocycles. The standard InChI is InChI=1S/C16H31NS/c1-2-13-7-6-8-14(11-13)16(17)12-18-15-9-4-3-5-10-15/h13-16H,2-12,17H2,1H3. The largest absolute Gasteiger partial charge is 0.327 e. The highest BCUT2D eigenvalue weighted by molar-refractivity contribution is 7.99. The lowest BCUT2D eigenvalue weighted by molar-refractivity contribution is 0.237. The van der Waals surface area contributed by atoms with Crippen LogP contribution in [0.1, 0.15) is 71.1 Å². The molecule has 2 saturated carbocycles. The number of hydrogen-bond acceptors (Lipinski definition) is 2. The molecule has 0 bridgehead atoms. The maximum absolute atomic E-state index is 6.46. The fourth-order valence-electron chi connectivity index (χ4n) is 3.71. The maximum Gasteiger partial charge on any atom is 0.0159 e. The van der Waals surface area contributed by atoms with E-state index < -0.39 is 0 Å². The number of hydrogen-bond donors (Lipinski definition) is 1. The summed E-state index contributed by atoms with van der Waals surface area (Å²) in [5.41, 5.74) is 6.46. The molecule has 0 spiro atoms. The van der Waals surface area contributed by atoms with E-state index in [0.717, 1.165) is 17.1 Å². The van der Waals surface area contributed by atoms with Crippen molar-refractivity contribution in [1.82, 2.24) is 0 Å². The van der Waals surface area contributed by atoms with Gasteiger partial charge in [0.15, 0.2) is 0 Å². The summed E-state index contributed by atoms with van der Waals surface area (Å²) in [6.45, 7) is 2.34. The van der Waals surface area contributed by atoms with Gasteiger partial charge in [-0.25, -0.2) is 0 Å². The average Bonchev–Trinajstić information content (AvgIpc) is 2.46. The Morgan fingerprint density at radius 2 is 1.83 bits per heavy atom. The third-order valence-electron chi connectivity index (χ3n) is 5.08. The molecule has 2 heteroatoms. The lowest BCUT2D eigenvalue weighted by atomic mass is 9.77. The fraction of sp³-hybridized carbons (Fsp3) is 1.00.